The summed E-state index contributed by atoms with van der Waals surface area (Å²) in [6, 6.07) is 2.34. The molecule has 0 amide bonds. The molecule has 1 N–H and O–H groups in total. The monoisotopic (exact) mass is 301 g/mol. The molecule has 0 fully saturated rings. The first-order valence-electron chi connectivity index (χ1n) is 6.07. The van der Waals surface area contributed by atoms with Crippen LogP contribution in [-0.4, -0.2) is 37.8 Å². The van der Waals surface area contributed by atoms with Gasteiger partial charge in [0.05, 0.1) is 9.82 Å². The molecule has 1 aromatic carbocycles. The summed E-state index contributed by atoms with van der Waals surface area (Å²) >= 11 is 0. The van der Waals surface area contributed by atoms with Crippen LogP contribution in [0.2, 0.25) is 0 Å². The number of nitrogens with zero attached hydrogens (tertiary/aromatic N) is 2. The maximum atomic E-state index is 12.5. The second-order valence-electron chi connectivity index (χ2n) is 4.76. The number of aryl methyl sites for hydroxylation is 1. The highest BCUT2D eigenvalue weighted by atomic mass is 32.2. The van der Waals surface area contributed by atoms with E-state index < -0.39 is 14.9 Å². The lowest BCUT2D eigenvalue weighted by molar-refractivity contribution is -0.384. The van der Waals surface area contributed by atoms with Crippen molar-refractivity contribution in [1.29, 1.82) is 0 Å². The lowest BCUT2D eigenvalue weighted by Crippen LogP contribution is -2.33. The number of hydrogen-bond donors (Lipinski definition) is 1. The van der Waals surface area contributed by atoms with E-state index >= 15 is 0 Å². The maximum absolute atomic E-state index is 12.5. The Labute approximate surface area is 118 Å². The molecule has 0 bridgehead atoms. The third-order valence-corrected chi connectivity index (χ3v) is 5.32. The smallest absolute Gasteiger partial charge is 0.293 e. The summed E-state index contributed by atoms with van der Waals surface area (Å²) in [4.78, 5) is 10.4. The number of anilines is 1. The Morgan fingerprint density at radius 1 is 1.35 bits per heavy atom. The molecule has 112 valence electrons. The predicted molar refractivity (Wildman–Crippen MR) is 77.5 cm³/mol. The molecule has 20 heavy (non-hydrogen) atoms. The number of sulfonamides is 1. The van der Waals surface area contributed by atoms with Gasteiger partial charge in [-0.3, -0.25) is 10.1 Å². The van der Waals surface area contributed by atoms with Crippen LogP contribution in [0.15, 0.2) is 17.0 Å². The Hall–Kier alpha value is -1.67. The highest BCUT2D eigenvalue weighted by Crippen LogP contribution is 2.31. The molecule has 0 saturated carbocycles. The molecule has 0 radical (unpaired) electrons. The number of benzene rings is 1. The van der Waals surface area contributed by atoms with Crippen molar-refractivity contribution in [2.45, 2.75) is 31.7 Å². The molecule has 0 heterocycles. The number of hydrogen-bond acceptors (Lipinski definition) is 5. The number of nitrogens with one attached hydrogen (secondary N) is 1. The molecule has 0 atom stereocenters. The van der Waals surface area contributed by atoms with Crippen molar-refractivity contribution in [3.05, 3.63) is 27.8 Å². The van der Waals surface area contributed by atoms with Gasteiger partial charge in [-0.1, -0.05) is 0 Å². The average Bonchev–Trinajstić information content (AvgIpc) is 2.36. The van der Waals surface area contributed by atoms with Gasteiger partial charge in [-0.05, 0) is 32.4 Å². The van der Waals surface area contributed by atoms with Crippen LogP contribution in [0.5, 0.6) is 0 Å². The van der Waals surface area contributed by atoms with E-state index in [0.29, 0.717) is 11.3 Å². The first-order valence-corrected chi connectivity index (χ1v) is 7.51. The summed E-state index contributed by atoms with van der Waals surface area (Å²) in [5.74, 6) is 0. The zero-order valence-electron chi connectivity index (χ0n) is 12.2. The van der Waals surface area contributed by atoms with Crippen LogP contribution in [0.4, 0.5) is 11.4 Å². The number of rotatable bonds is 5. The predicted octanol–water partition coefficient (Wildman–Crippen LogP) is 1.97. The van der Waals surface area contributed by atoms with Crippen LogP contribution in [0.3, 0.4) is 0 Å². The Bertz CT molecular complexity index is 626. The highest BCUT2D eigenvalue weighted by Gasteiger charge is 2.28. The van der Waals surface area contributed by atoms with Crippen LogP contribution >= 0.6 is 0 Å². The Balaban J connectivity index is 3.54. The summed E-state index contributed by atoms with van der Waals surface area (Å²) in [7, 11) is -0.741. The molecule has 0 saturated heterocycles. The molecule has 0 aliphatic carbocycles. The van der Waals surface area contributed by atoms with Crippen molar-refractivity contribution in [3.8, 4) is 0 Å². The molecular formula is C12H19N3O4S. The fourth-order valence-corrected chi connectivity index (χ4v) is 3.33. The van der Waals surface area contributed by atoms with Gasteiger partial charge in [0, 0.05) is 26.2 Å². The summed E-state index contributed by atoms with van der Waals surface area (Å²) in [6.45, 7) is 5.10. The van der Waals surface area contributed by atoms with Crippen LogP contribution in [0.1, 0.15) is 19.4 Å². The third kappa shape index (κ3) is 2.91. The van der Waals surface area contributed by atoms with Gasteiger partial charge < -0.3 is 5.32 Å². The zero-order valence-corrected chi connectivity index (χ0v) is 13.0. The molecular weight excluding hydrogens is 282 g/mol. The highest BCUT2D eigenvalue weighted by molar-refractivity contribution is 7.89. The first-order chi connectivity index (χ1) is 9.12. The van der Waals surface area contributed by atoms with E-state index in [1.54, 1.807) is 27.8 Å². The summed E-state index contributed by atoms with van der Waals surface area (Å²) in [5.41, 5.74) is 0.500. The number of nitro benzene ring substituents is 1. The average molecular weight is 301 g/mol. The van der Waals surface area contributed by atoms with Crippen molar-refractivity contribution >= 4 is 21.4 Å². The Kier molecular flexibility index (Phi) is 4.72. The summed E-state index contributed by atoms with van der Waals surface area (Å²) < 4.78 is 26.1. The van der Waals surface area contributed by atoms with Crippen molar-refractivity contribution in [2.24, 2.45) is 0 Å². The van der Waals surface area contributed by atoms with Gasteiger partial charge in [-0.15, -0.1) is 0 Å². The van der Waals surface area contributed by atoms with E-state index in [9.17, 15) is 18.5 Å². The van der Waals surface area contributed by atoms with Gasteiger partial charge in [-0.2, -0.15) is 4.31 Å². The van der Waals surface area contributed by atoms with Crippen LogP contribution in [0, 0.1) is 17.0 Å². The third-order valence-electron chi connectivity index (χ3n) is 3.14. The maximum Gasteiger partial charge on any atom is 0.293 e. The largest absolute Gasteiger partial charge is 0.383 e. The van der Waals surface area contributed by atoms with Crippen molar-refractivity contribution in [2.75, 3.05) is 19.4 Å². The fourth-order valence-electron chi connectivity index (χ4n) is 1.74. The van der Waals surface area contributed by atoms with E-state index in [1.807, 2.05) is 0 Å². The van der Waals surface area contributed by atoms with Crippen molar-refractivity contribution < 1.29 is 13.3 Å². The quantitative estimate of drug-likeness (QED) is 0.663. The lowest BCUT2D eigenvalue weighted by Gasteiger charge is -2.22. The van der Waals surface area contributed by atoms with Gasteiger partial charge in [0.15, 0.2) is 0 Å². The Morgan fingerprint density at radius 3 is 2.30 bits per heavy atom. The standard InChI is InChI=1S/C12H19N3O4S/c1-8(2)14(5)20(18,19)12-7-11(15(16)17)10(13-4)6-9(12)3/h6-8,13H,1-5H3. The Morgan fingerprint density at radius 2 is 1.90 bits per heavy atom. The molecule has 0 aliphatic rings. The lowest BCUT2D eigenvalue weighted by atomic mass is 10.2. The van der Waals surface area contributed by atoms with Crippen LogP contribution < -0.4 is 5.32 Å². The fraction of sp³-hybridized carbons (Fsp3) is 0.500. The zero-order chi connectivity index (χ0) is 15.7. The first kappa shape index (κ1) is 16.4. The minimum absolute atomic E-state index is 0.0422. The SMILES string of the molecule is CNc1cc(C)c(S(=O)(=O)N(C)C(C)C)cc1[N+](=O)[O-]. The number of nitro groups is 1. The second-order valence-corrected chi connectivity index (χ2v) is 6.72. The molecule has 0 aliphatic heterocycles. The summed E-state index contributed by atoms with van der Waals surface area (Å²) in [5, 5.41) is 13.7. The molecule has 0 aromatic heterocycles. The van der Waals surface area contributed by atoms with Gasteiger partial charge in [0.25, 0.3) is 5.69 Å². The van der Waals surface area contributed by atoms with Gasteiger partial charge in [0.2, 0.25) is 10.0 Å². The van der Waals surface area contributed by atoms with Crippen molar-refractivity contribution in [3.63, 3.8) is 0 Å². The second kappa shape index (κ2) is 5.76. The summed E-state index contributed by atoms with van der Waals surface area (Å²) in [6.07, 6.45) is 0. The van der Waals surface area contributed by atoms with Crippen LogP contribution in [-0.2, 0) is 10.0 Å². The normalized spacial score (nSPS) is 11.9. The van der Waals surface area contributed by atoms with Gasteiger partial charge in [-0.25, -0.2) is 8.42 Å². The topological polar surface area (TPSA) is 92.6 Å². The van der Waals surface area contributed by atoms with Gasteiger partial charge >= 0.3 is 0 Å². The minimum Gasteiger partial charge on any atom is -0.383 e. The molecule has 8 heteroatoms. The molecule has 1 rings (SSSR count). The molecule has 0 spiro atoms. The van der Waals surface area contributed by atoms with E-state index in [1.165, 1.54) is 17.4 Å². The van der Waals surface area contributed by atoms with E-state index in [4.69, 9.17) is 0 Å². The molecule has 1 aromatic rings. The minimum atomic E-state index is -3.75. The van der Waals surface area contributed by atoms with Crippen LogP contribution in [0.25, 0.3) is 0 Å². The molecule has 0 unspecified atom stereocenters. The van der Waals surface area contributed by atoms with E-state index in [2.05, 4.69) is 5.32 Å². The molecule has 7 nitrogen and oxygen atoms in total. The van der Waals surface area contributed by atoms with Crippen molar-refractivity contribution in [1.82, 2.24) is 4.31 Å². The van der Waals surface area contributed by atoms with E-state index in [-0.39, 0.29) is 16.6 Å². The van der Waals surface area contributed by atoms with Gasteiger partial charge in [0.1, 0.15) is 5.69 Å². The van der Waals surface area contributed by atoms with E-state index in [0.717, 1.165) is 6.07 Å².